The van der Waals surface area contributed by atoms with Crippen molar-refractivity contribution in [2.75, 3.05) is 12.3 Å². The van der Waals surface area contributed by atoms with Crippen LogP contribution in [-0.4, -0.2) is 35.1 Å². The van der Waals surface area contributed by atoms with Crippen LogP contribution in [-0.2, 0) is 28.3 Å². The normalized spacial score (nSPS) is 11.7. The van der Waals surface area contributed by atoms with Crippen LogP contribution in [0.3, 0.4) is 0 Å². The first-order valence-electron chi connectivity index (χ1n) is 11.7. The van der Waals surface area contributed by atoms with Gasteiger partial charge in [0.05, 0.1) is 5.75 Å². The van der Waals surface area contributed by atoms with Crippen LogP contribution in [0.1, 0.15) is 30.0 Å². The van der Waals surface area contributed by atoms with E-state index >= 15 is 0 Å². The van der Waals surface area contributed by atoms with Crippen molar-refractivity contribution >= 4 is 62.7 Å². The maximum atomic E-state index is 13.6. The Morgan fingerprint density at radius 1 is 1.00 bits per heavy atom. The molecule has 1 N–H and O–H groups in total. The van der Waals surface area contributed by atoms with E-state index in [0.717, 1.165) is 27.6 Å². The average Bonchev–Trinajstić information content (AvgIpc) is 2.86. The summed E-state index contributed by atoms with van der Waals surface area (Å²) in [5.74, 6) is 0.546. The Hall–Kier alpha value is -1.99. The Labute approximate surface area is 235 Å². The van der Waals surface area contributed by atoms with Gasteiger partial charge in [-0.2, -0.15) is 0 Å². The number of amides is 2. The van der Waals surface area contributed by atoms with E-state index in [4.69, 9.17) is 23.2 Å². The SMILES string of the molecule is CCCNC(=O)[C@@H](Cc1ccccc1)N(Cc1cccc(Br)c1)C(=O)CSCc1ccc(Cl)cc1Cl. The van der Waals surface area contributed by atoms with Crippen molar-refractivity contribution in [3.8, 4) is 0 Å². The lowest BCUT2D eigenvalue weighted by Crippen LogP contribution is -2.51. The monoisotopic (exact) mass is 606 g/mol. The van der Waals surface area contributed by atoms with Crippen LogP contribution in [0.15, 0.2) is 77.3 Å². The number of rotatable bonds is 12. The zero-order valence-electron chi connectivity index (χ0n) is 20.1. The molecule has 0 radical (unpaired) electrons. The Morgan fingerprint density at radius 2 is 1.75 bits per heavy atom. The predicted molar refractivity (Wildman–Crippen MR) is 155 cm³/mol. The molecule has 36 heavy (non-hydrogen) atoms. The maximum Gasteiger partial charge on any atom is 0.243 e. The van der Waals surface area contributed by atoms with Crippen LogP contribution in [0.4, 0.5) is 0 Å². The molecule has 0 heterocycles. The summed E-state index contributed by atoms with van der Waals surface area (Å²) in [6.07, 6.45) is 1.25. The van der Waals surface area contributed by atoms with Gasteiger partial charge in [0.15, 0.2) is 0 Å². The smallest absolute Gasteiger partial charge is 0.243 e. The Kier molecular flexibility index (Phi) is 11.6. The summed E-state index contributed by atoms with van der Waals surface area (Å²) in [6, 6.07) is 22.4. The molecule has 2 amide bonds. The van der Waals surface area contributed by atoms with E-state index in [2.05, 4.69) is 21.2 Å². The summed E-state index contributed by atoms with van der Waals surface area (Å²) in [4.78, 5) is 28.7. The van der Waals surface area contributed by atoms with Gasteiger partial charge in [-0.15, -0.1) is 11.8 Å². The first-order valence-corrected chi connectivity index (χ1v) is 14.4. The van der Waals surface area contributed by atoms with Gasteiger partial charge in [-0.1, -0.05) is 94.6 Å². The molecule has 3 rings (SSSR count). The zero-order chi connectivity index (χ0) is 25.9. The third kappa shape index (κ3) is 8.84. The first-order chi connectivity index (χ1) is 17.4. The molecule has 0 aliphatic heterocycles. The van der Waals surface area contributed by atoms with Crippen molar-refractivity contribution in [2.24, 2.45) is 0 Å². The molecule has 4 nitrogen and oxygen atoms in total. The number of hydrogen-bond acceptors (Lipinski definition) is 3. The second-order valence-electron chi connectivity index (χ2n) is 8.38. The lowest BCUT2D eigenvalue weighted by Gasteiger charge is -2.31. The number of halogens is 3. The summed E-state index contributed by atoms with van der Waals surface area (Å²) >= 11 is 17.3. The van der Waals surface area contributed by atoms with Gasteiger partial charge in [0.2, 0.25) is 11.8 Å². The molecule has 1 atom stereocenters. The highest BCUT2D eigenvalue weighted by atomic mass is 79.9. The van der Waals surface area contributed by atoms with Crippen LogP contribution < -0.4 is 5.32 Å². The van der Waals surface area contributed by atoms with E-state index in [-0.39, 0.29) is 17.6 Å². The van der Waals surface area contributed by atoms with E-state index in [0.29, 0.717) is 35.3 Å². The summed E-state index contributed by atoms with van der Waals surface area (Å²) in [6.45, 7) is 2.90. The van der Waals surface area contributed by atoms with Crippen LogP contribution in [0.25, 0.3) is 0 Å². The second-order valence-corrected chi connectivity index (χ2v) is 11.1. The largest absolute Gasteiger partial charge is 0.354 e. The number of carbonyl (C=O) groups is 2. The van der Waals surface area contributed by atoms with Crippen molar-refractivity contribution in [3.63, 3.8) is 0 Å². The van der Waals surface area contributed by atoms with E-state index in [9.17, 15) is 9.59 Å². The van der Waals surface area contributed by atoms with Gasteiger partial charge in [-0.05, 0) is 47.4 Å². The van der Waals surface area contributed by atoms with Crippen LogP contribution >= 0.6 is 50.9 Å². The minimum Gasteiger partial charge on any atom is -0.354 e. The zero-order valence-corrected chi connectivity index (χ0v) is 24.0. The fourth-order valence-electron chi connectivity index (χ4n) is 3.72. The highest BCUT2D eigenvalue weighted by molar-refractivity contribution is 9.10. The fraction of sp³-hybridized carbons (Fsp3) is 0.286. The van der Waals surface area contributed by atoms with Crippen molar-refractivity contribution in [3.05, 3.63) is 104 Å². The van der Waals surface area contributed by atoms with Crippen LogP contribution in [0.2, 0.25) is 10.0 Å². The lowest BCUT2D eigenvalue weighted by molar-refractivity contribution is -0.139. The molecule has 0 aliphatic carbocycles. The topological polar surface area (TPSA) is 49.4 Å². The summed E-state index contributed by atoms with van der Waals surface area (Å²) in [5, 5.41) is 4.15. The molecular weight excluding hydrogens is 579 g/mol. The molecule has 0 saturated heterocycles. The molecule has 0 spiro atoms. The van der Waals surface area contributed by atoms with E-state index in [1.807, 2.05) is 67.6 Å². The highest BCUT2D eigenvalue weighted by Crippen LogP contribution is 2.25. The van der Waals surface area contributed by atoms with Gasteiger partial charge in [-0.3, -0.25) is 9.59 Å². The summed E-state index contributed by atoms with van der Waals surface area (Å²) in [7, 11) is 0. The third-order valence-electron chi connectivity index (χ3n) is 5.56. The Morgan fingerprint density at radius 3 is 2.44 bits per heavy atom. The number of thioether (sulfide) groups is 1. The Bertz CT molecular complexity index is 1160. The highest BCUT2D eigenvalue weighted by Gasteiger charge is 2.30. The van der Waals surface area contributed by atoms with Gasteiger partial charge < -0.3 is 10.2 Å². The van der Waals surface area contributed by atoms with Gasteiger partial charge in [0.25, 0.3) is 0 Å². The molecule has 8 heteroatoms. The van der Waals surface area contributed by atoms with Crippen molar-refractivity contribution < 1.29 is 9.59 Å². The quantitative estimate of drug-likeness (QED) is 0.238. The van der Waals surface area contributed by atoms with E-state index < -0.39 is 6.04 Å². The molecule has 0 unspecified atom stereocenters. The molecular formula is C28H29BrCl2N2O2S. The van der Waals surface area contributed by atoms with Crippen molar-refractivity contribution in [1.29, 1.82) is 0 Å². The van der Waals surface area contributed by atoms with Gasteiger partial charge in [-0.25, -0.2) is 0 Å². The molecule has 190 valence electrons. The van der Waals surface area contributed by atoms with Crippen LogP contribution in [0.5, 0.6) is 0 Å². The van der Waals surface area contributed by atoms with Crippen molar-refractivity contribution in [1.82, 2.24) is 10.2 Å². The third-order valence-corrected chi connectivity index (χ3v) is 7.61. The van der Waals surface area contributed by atoms with E-state index in [1.165, 1.54) is 11.8 Å². The number of nitrogens with one attached hydrogen (secondary N) is 1. The molecule has 0 aliphatic rings. The number of carbonyl (C=O) groups excluding carboxylic acids is 2. The van der Waals surface area contributed by atoms with Crippen molar-refractivity contribution in [2.45, 2.75) is 38.1 Å². The minimum absolute atomic E-state index is 0.0994. The van der Waals surface area contributed by atoms with Crippen LogP contribution in [0, 0.1) is 0 Å². The van der Waals surface area contributed by atoms with Gasteiger partial charge in [0, 0.05) is 39.8 Å². The standard InChI is InChI=1S/C28H29BrCl2N2O2S/c1-2-13-32-28(35)26(15-20-7-4-3-5-8-20)33(17-21-9-6-10-23(29)14-21)27(34)19-36-18-22-11-12-24(30)16-25(22)31/h3-12,14,16,26H,2,13,15,17-19H2,1H3,(H,32,35)/t26-/m1/s1. The Balaban J connectivity index is 1.84. The van der Waals surface area contributed by atoms with Gasteiger partial charge >= 0.3 is 0 Å². The first kappa shape index (κ1) is 28.6. The minimum atomic E-state index is -0.634. The molecule has 3 aromatic carbocycles. The molecule has 0 saturated carbocycles. The predicted octanol–water partition coefficient (Wildman–Crippen LogP) is 7.16. The molecule has 0 aromatic heterocycles. The summed E-state index contributed by atoms with van der Waals surface area (Å²) < 4.78 is 0.925. The average molecular weight is 608 g/mol. The lowest BCUT2D eigenvalue weighted by atomic mass is 10.0. The second kappa shape index (κ2) is 14.7. The maximum absolute atomic E-state index is 13.6. The van der Waals surface area contributed by atoms with Gasteiger partial charge in [0.1, 0.15) is 6.04 Å². The summed E-state index contributed by atoms with van der Waals surface area (Å²) in [5.41, 5.74) is 2.87. The number of hydrogen-bond donors (Lipinski definition) is 1. The number of nitrogens with zero attached hydrogens (tertiary/aromatic N) is 1. The molecule has 3 aromatic rings. The molecule has 0 fully saturated rings. The molecule has 0 bridgehead atoms. The van der Waals surface area contributed by atoms with E-state index in [1.54, 1.807) is 17.0 Å². The fourth-order valence-corrected chi connectivity index (χ4v) is 5.64. The number of benzene rings is 3.